The van der Waals surface area contributed by atoms with Crippen molar-refractivity contribution in [3.63, 3.8) is 0 Å². The van der Waals surface area contributed by atoms with Crippen LogP contribution >= 0.6 is 0 Å². The maximum atomic E-state index is 13.8. The predicted molar refractivity (Wildman–Crippen MR) is 155 cm³/mol. The van der Waals surface area contributed by atoms with E-state index >= 15 is 0 Å². The molecule has 2 heterocycles. The molecule has 3 N–H and O–H groups in total. The van der Waals surface area contributed by atoms with Crippen molar-refractivity contribution in [1.82, 2.24) is 20.2 Å². The zero-order valence-corrected chi connectivity index (χ0v) is 23.8. The minimum absolute atomic E-state index is 0.0792. The van der Waals surface area contributed by atoms with Gasteiger partial charge < -0.3 is 35.1 Å². The van der Waals surface area contributed by atoms with Crippen molar-refractivity contribution in [2.45, 2.75) is 57.8 Å². The summed E-state index contributed by atoms with van der Waals surface area (Å²) in [4.78, 5) is 37.0. The molecule has 1 aromatic heterocycles. The quantitative estimate of drug-likeness (QED) is 0.339. The Morgan fingerprint density at radius 1 is 1.02 bits per heavy atom. The standard InChI is InChI=1S/C30H36N6O5/c1-18-8-7-9-20(14-18)31-27-26-24(17-36(28(26)37)16-19-12-13-21(39-2)15-25(19)40-3)33-29(35-27)32-22-10-5-6-11-23(22)34-30(38)41-4/h7-9,12-15,22-23H,5-6,10-11,16-17H2,1-4H3,(H,34,38)(H2,31,32,33,35)/t22-,23+/m1/s1. The number of nitrogens with zero attached hydrogens (tertiary/aromatic N) is 3. The lowest BCUT2D eigenvalue weighted by atomic mass is 9.90. The Bertz CT molecular complexity index is 1430. The fraction of sp³-hybridized carbons (Fsp3) is 0.400. The Balaban J connectivity index is 1.46. The van der Waals surface area contributed by atoms with Crippen molar-refractivity contribution < 1.29 is 23.8 Å². The molecule has 3 aromatic rings. The molecule has 0 spiro atoms. The topological polar surface area (TPSA) is 127 Å². The molecule has 11 heteroatoms. The number of benzene rings is 2. The minimum atomic E-state index is -0.462. The van der Waals surface area contributed by atoms with Crippen LogP contribution in [0.1, 0.15) is 52.9 Å². The van der Waals surface area contributed by atoms with Crippen LogP contribution in [0, 0.1) is 6.92 Å². The van der Waals surface area contributed by atoms with Gasteiger partial charge in [0.25, 0.3) is 5.91 Å². The van der Waals surface area contributed by atoms with Crippen LogP contribution < -0.4 is 25.4 Å². The lowest BCUT2D eigenvalue weighted by Gasteiger charge is -2.32. The van der Waals surface area contributed by atoms with E-state index in [1.54, 1.807) is 25.2 Å². The highest BCUT2D eigenvalue weighted by Crippen LogP contribution is 2.34. The molecule has 0 unspecified atom stereocenters. The molecule has 2 atom stereocenters. The van der Waals surface area contributed by atoms with Gasteiger partial charge in [-0.05, 0) is 49.6 Å². The van der Waals surface area contributed by atoms with Crippen LogP contribution in [0.15, 0.2) is 42.5 Å². The Labute approximate surface area is 239 Å². The van der Waals surface area contributed by atoms with E-state index < -0.39 is 6.09 Å². The fourth-order valence-electron chi connectivity index (χ4n) is 5.44. The fourth-order valence-corrected chi connectivity index (χ4v) is 5.44. The zero-order chi connectivity index (χ0) is 28.9. The number of alkyl carbamates (subject to hydrolysis) is 1. The number of aromatic nitrogens is 2. The van der Waals surface area contributed by atoms with Gasteiger partial charge in [0.05, 0.1) is 46.2 Å². The molecule has 5 rings (SSSR count). The summed E-state index contributed by atoms with van der Waals surface area (Å²) < 4.78 is 15.7. The van der Waals surface area contributed by atoms with Crippen LogP contribution in [0.5, 0.6) is 11.5 Å². The van der Waals surface area contributed by atoms with Crippen molar-refractivity contribution in [2.24, 2.45) is 0 Å². The molecular weight excluding hydrogens is 524 g/mol. The van der Waals surface area contributed by atoms with Gasteiger partial charge in [-0.15, -0.1) is 0 Å². The van der Waals surface area contributed by atoms with Crippen LogP contribution in [0.3, 0.4) is 0 Å². The average molecular weight is 561 g/mol. The van der Waals surface area contributed by atoms with Crippen LogP contribution in [0.4, 0.5) is 22.2 Å². The molecular formula is C30H36N6O5. The van der Waals surface area contributed by atoms with Crippen molar-refractivity contribution in [2.75, 3.05) is 32.0 Å². The van der Waals surface area contributed by atoms with Gasteiger partial charge in [-0.2, -0.15) is 4.98 Å². The average Bonchev–Trinajstić information content (AvgIpc) is 3.28. The number of aryl methyl sites for hydroxylation is 1. The summed E-state index contributed by atoms with van der Waals surface area (Å²) in [7, 11) is 4.56. The van der Waals surface area contributed by atoms with Gasteiger partial charge in [-0.1, -0.05) is 25.0 Å². The summed E-state index contributed by atoms with van der Waals surface area (Å²) >= 11 is 0. The molecule has 1 aliphatic carbocycles. The second-order valence-electron chi connectivity index (χ2n) is 10.3. The summed E-state index contributed by atoms with van der Waals surface area (Å²) in [5.74, 6) is 1.99. The van der Waals surface area contributed by atoms with E-state index in [-0.39, 0.29) is 18.0 Å². The van der Waals surface area contributed by atoms with E-state index in [4.69, 9.17) is 24.2 Å². The second kappa shape index (κ2) is 12.3. The van der Waals surface area contributed by atoms with Crippen molar-refractivity contribution in [3.05, 3.63) is 64.8 Å². The van der Waals surface area contributed by atoms with Gasteiger partial charge in [-0.25, -0.2) is 9.78 Å². The van der Waals surface area contributed by atoms with E-state index in [2.05, 4.69) is 16.0 Å². The van der Waals surface area contributed by atoms with Gasteiger partial charge in [0.1, 0.15) is 22.9 Å². The molecule has 0 saturated heterocycles. The smallest absolute Gasteiger partial charge is 0.407 e. The number of nitrogens with one attached hydrogen (secondary N) is 3. The van der Waals surface area contributed by atoms with Gasteiger partial charge in [-0.3, -0.25) is 4.79 Å². The monoisotopic (exact) mass is 560 g/mol. The lowest BCUT2D eigenvalue weighted by molar-refractivity contribution is 0.0765. The molecule has 1 saturated carbocycles. The van der Waals surface area contributed by atoms with Crippen molar-refractivity contribution >= 4 is 29.5 Å². The van der Waals surface area contributed by atoms with Crippen LogP contribution in [-0.4, -0.2) is 60.3 Å². The van der Waals surface area contributed by atoms with E-state index in [9.17, 15) is 9.59 Å². The van der Waals surface area contributed by atoms with Crippen LogP contribution in [0.25, 0.3) is 0 Å². The van der Waals surface area contributed by atoms with Crippen LogP contribution in [0.2, 0.25) is 0 Å². The highest BCUT2D eigenvalue weighted by molar-refractivity contribution is 6.03. The molecule has 2 aromatic carbocycles. The zero-order valence-electron chi connectivity index (χ0n) is 23.8. The molecule has 2 aliphatic rings. The summed E-state index contributed by atoms with van der Waals surface area (Å²) in [5, 5.41) is 9.73. The van der Waals surface area contributed by atoms with E-state index in [1.807, 2.05) is 43.3 Å². The molecule has 1 aliphatic heterocycles. The normalized spacial score (nSPS) is 18.0. The molecule has 0 radical (unpaired) electrons. The van der Waals surface area contributed by atoms with Crippen LogP contribution in [-0.2, 0) is 17.8 Å². The Morgan fingerprint density at radius 3 is 2.56 bits per heavy atom. The Kier molecular flexibility index (Phi) is 8.42. The third-order valence-corrected chi connectivity index (χ3v) is 7.53. The maximum Gasteiger partial charge on any atom is 0.407 e. The predicted octanol–water partition coefficient (Wildman–Crippen LogP) is 4.78. The van der Waals surface area contributed by atoms with E-state index in [0.717, 1.165) is 42.5 Å². The maximum absolute atomic E-state index is 13.8. The van der Waals surface area contributed by atoms with Gasteiger partial charge in [0.15, 0.2) is 0 Å². The summed E-state index contributed by atoms with van der Waals surface area (Å²) in [5.41, 5.74) is 3.83. The first-order valence-electron chi connectivity index (χ1n) is 13.7. The minimum Gasteiger partial charge on any atom is -0.497 e. The largest absolute Gasteiger partial charge is 0.497 e. The summed E-state index contributed by atoms with van der Waals surface area (Å²) in [6.07, 6.45) is 3.23. The number of fused-ring (bicyclic) bond motifs is 1. The number of anilines is 3. The van der Waals surface area contributed by atoms with Gasteiger partial charge in [0.2, 0.25) is 5.95 Å². The number of ether oxygens (including phenoxy) is 3. The van der Waals surface area contributed by atoms with Crippen molar-refractivity contribution in [1.29, 1.82) is 0 Å². The first-order valence-corrected chi connectivity index (χ1v) is 13.7. The molecule has 11 nitrogen and oxygen atoms in total. The Morgan fingerprint density at radius 2 is 1.83 bits per heavy atom. The van der Waals surface area contributed by atoms with E-state index in [1.165, 1.54) is 7.11 Å². The van der Waals surface area contributed by atoms with Crippen molar-refractivity contribution in [3.8, 4) is 11.5 Å². The first kappa shape index (κ1) is 28.0. The van der Waals surface area contributed by atoms with Gasteiger partial charge in [0, 0.05) is 23.4 Å². The number of hydrogen-bond acceptors (Lipinski definition) is 9. The van der Waals surface area contributed by atoms with E-state index in [0.29, 0.717) is 47.6 Å². The highest BCUT2D eigenvalue weighted by atomic mass is 16.5. The molecule has 1 fully saturated rings. The molecule has 0 bridgehead atoms. The number of carbonyl (C=O) groups excluding carboxylic acids is 2. The molecule has 216 valence electrons. The summed E-state index contributed by atoms with van der Waals surface area (Å²) in [6, 6.07) is 13.2. The first-order chi connectivity index (χ1) is 19.9. The molecule has 41 heavy (non-hydrogen) atoms. The number of methoxy groups -OCH3 is 3. The molecule has 2 amide bonds. The highest BCUT2D eigenvalue weighted by Gasteiger charge is 2.35. The third-order valence-electron chi connectivity index (χ3n) is 7.53. The number of carbonyl (C=O) groups is 2. The summed E-state index contributed by atoms with van der Waals surface area (Å²) in [6.45, 7) is 2.66. The Hall–Kier alpha value is -4.54. The second-order valence-corrected chi connectivity index (χ2v) is 10.3. The van der Waals surface area contributed by atoms with Gasteiger partial charge >= 0.3 is 6.09 Å². The SMILES string of the molecule is COC(=O)N[C@H]1CCCC[C@H]1Nc1nc2c(c(Nc3cccc(C)c3)n1)C(=O)N(Cc1ccc(OC)cc1OC)C2. The number of amides is 2. The number of rotatable bonds is 9. The lowest BCUT2D eigenvalue weighted by Crippen LogP contribution is -2.48. The number of hydrogen-bond donors (Lipinski definition) is 3. The third kappa shape index (κ3) is 6.29.